The molecule has 0 spiro atoms. The van der Waals surface area contributed by atoms with Gasteiger partial charge in [0.2, 0.25) is 0 Å². The SMILES string of the molecule is O=C(Nc1cnc2n1CCCC2)c1cc(=O)c2ccccc2[nH]1. The molecule has 0 saturated carbocycles. The number of aromatic amines is 1. The van der Waals surface area contributed by atoms with Crippen LogP contribution in [0, 0.1) is 0 Å². The quantitative estimate of drug-likeness (QED) is 0.762. The number of aromatic nitrogens is 3. The monoisotopic (exact) mass is 308 g/mol. The van der Waals surface area contributed by atoms with Crippen LogP contribution < -0.4 is 10.7 Å². The maximum Gasteiger partial charge on any atom is 0.273 e. The van der Waals surface area contributed by atoms with Crippen LogP contribution in [0.1, 0.15) is 29.2 Å². The zero-order valence-electron chi connectivity index (χ0n) is 12.5. The number of amides is 1. The molecule has 2 N–H and O–H groups in total. The van der Waals surface area contributed by atoms with Crippen molar-refractivity contribution in [2.24, 2.45) is 0 Å². The fraction of sp³-hybridized carbons (Fsp3) is 0.235. The van der Waals surface area contributed by atoms with E-state index in [1.807, 2.05) is 10.6 Å². The van der Waals surface area contributed by atoms with E-state index in [4.69, 9.17) is 0 Å². The molecule has 2 aromatic heterocycles. The lowest BCUT2D eigenvalue weighted by Gasteiger charge is -2.16. The third-order valence-electron chi connectivity index (χ3n) is 4.19. The summed E-state index contributed by atoms with van der Waals surface area (Å²) in [6.07, 6.45) is 4.82. The van der Waals surface area contributed by atoms with Crippen molar-refractivity contribution in [3.05, 3.63) is 58.3 Å². The molecule has 3 heterocycles. The molecule has 0 unspecified atom stereocenters. The molecular weight excluding hydrogens is 292 g/mol. The zero-order chi connectivity index (χ0) is 15.8. The highest BCUT2D eigenvalue weighted by atomic mass is 16.2. The predicted molar refractivity (Wildman–Crippen MR) is 87.7 cm³/mol. The van der Waals surface area contributed by atoms with Gasteiger partial charge in [-0.3, -0.25) is 9.59 Å². The van der Waals surface area contributed by atoms with Crippen molar-refractivity contribution in [1.82, 2.24) is 14.5 Å². The van der Waals surface area contributed by atoms with E-state index in [-0.39, 0.29) is 17.0 Å². The minimum atomic E-state index is -0.332. The summed E-state index contributed by atoms with van der Waals surface area (Å²) in [5, 5.41) is 3.42. The number of carbonyl (C=O) groups is 1. The van der Waals surface area contributed by atoms with Gasteiger partial charge in [-0.05, 0) is 25.0 Å². The maximum atomic E-state index is 12.5. The Balaban J connectivity index is 1.67. The summed E-state index contributed by atoms with van der Waals surface area (Å²) in [4.78, 5) is 32.0. The van der Waals surface area contributed by atoms with Crippen LogP contribution in [0.5, 0.6) is 0 Å². The van der Waals surface area contributed by atoms with Gasteiger partial charge in [0.05, 0.1) is 6.20 Å². The lowest BCUT2D eigenvalue weighted by Crippen LogP contribution is -2.20. The lowest BCUT2D eigenvalue weighted by atomic mass is 10.2. The number of hydrogen-bond donors (Lipinski definition) is 2. The Kier molecular flexibility index (Phi) is 3.22. The van der Waals surface area contributed by atoms with Crippen LogP contribution in [0.15, 0.2) is 41.3 Å². The highest BCUT2D eigenvalue weighted by Gasteiger charge is 2.17. The van der Waals surface area contributed by atoms with Crippen molar-refractivity contribution in [3.63, 3.8) is 0 Å². The molecule has 1 aromatic carbocycles. The predicted octanol–water partition coefficient (Wildman–Crippen LogP) is 2.31. The number of fused-ring (bicyclic) bond motifs is 2. The van der Waals surface area contributed by atoms with E-state index in [0.717, 1.165) is 31.6 Å². The van der Waals surface area contributed by atoms with E-state index in [1.165, 1.54) is 6.07 Å². The number of hydrogen-bond acceptors (Lipinski definition) is 3. The molecule has 0 bridgehead atoms. The Morgan fingerprint density at radius 1 is 1.26 bits per heavy atom. The molecule has 0 radical (unpaired) electrons. The average Bonchev–Trinajstić information content (AvgIpc) is 2.98. The Labute approximate surface area is 132 Å². The van der Waals surface area contributed by atoms with Crippen molar-refractivity contribution in [3.8, 4) is 0 Å². The second kappa shape index (κ2) is 5.39. The van der Waals surface area contributed by atoms with Gasteiger partial charge in [0, 0.05) is 29.9 Å². The summed E-state index contributed by atoms with van der Waals surface area (Å²) < 4.78 is 2.03. The number of aryl methyl sites for hydroxylation is 1. The van der Waals surface area contributed by atoms with Gasteiger partial charge >= 0.3 is 0 Å². The first-order valence-corrected chi connectivity index (χ1v) is 7.70. The standard InChI is InChI=1S/C17H16N4O2/c22-14-9-13(19-12-6-2-1-5-11(12)14)17(23)20-16-10-18-15-7-3-4-8-21(15)16/h1-2,5-6,9-10H,3-4,7-8H2,(H,19,22)(H,20,23). The van der Waals surface area contributed by atoms with E-state index in [2.05, 4.69) is 15.3 Å². The van der Waals surface area contributed by atoms with Crippen LogP contribution in [0.3, 0.4) is 0 Å². The summed E-state index contributed by atoms with van der Waals surface area (Å²) >= 11 is 0. The smallest absolute Gasteiger partial charge is 0.273 e. The van der Waals surface area contributed by atoms with Gasteiger partial charge in [-0.25, -0.2) is 4.98 Å². The number of pyridine rings is 1. The highest BCUT2D eigenvalue weighted by Crippen LogP contribution is 2.20. The molecule has 0 atom stereocenters. The number of rotatable bonds is 2. The topological polar surface area (TPSA) is 79.8 Å². The first kappa shape index (κ1) is 13.8. The van der Waals surface area contributed by atoms with Gasteiger partial charge < -0.3 is 14.9 Å². The number of H-pyrrole nitrogens is 1. The summed E-state index contributed by atoms with van der Waals surface area (Å²) in [6, 6.07) is 8.49. The molecule has 6 heteroatoms. The Morgan fingerprint density at radius 2 is 2.13 bits per heavy atom. The number of benzene rings is 1. The van der Waals surface area contributed by atoms with Gasteiger partial charge in [0.15, 0.2) is 5.43 Å². The fourth-order valence-electron chi connectivity index (χ4n) is 3.02. The molecule has 23 heavy (non-hydrogen) atoms. The van der Waals surface area contributed by atoms with E-state index in [1.54, 1.807) is 24.4 Å². The van der Waals surface area contributed by atoms with Gasteiger partial charge in [-0.2, -0.15) is 0 Å². The summed E-state index contributed by atoms with van der Waals surface area (Å²) in [6.45, 7) is 0.860. The molecule has 0 fully saturated rings. The van der Waals surface area contributed by atoms with Crippen LogP contribution >= 0.6 is 0 Å². The van der Waals surface area contributed by atoms with Gasteiger partial charge in [-0.1, -0.05) is 12.1 Å². The molecular formula is C17H16N4O2. The van der Waals surface area contributed by atoms with Crippen LogP contribution in [0.4, 0.5) is 5.82 Å². The largest absolute Gasteiger partial charge is 0.350 e. The summed E-state index contributed by atoms with van der Waals surface area (Å²) in [7, 11) is 0. The second-order valence-corrected chi connectivity index (χ2v) is 5.72. The normalized spacial score (nSPS) is 13.7. The maximum absolute atomic E-state index is 12.5. The lowest BCUT2D eigenvalue weighted by molar-refractivity contribution is 0.102. The van der Waals surface area contributed by atoms with Crippen LogP contribution in [-0.4, -0.2) is 20.4 Å². The van der Waals surface area contributed by atoms with Crippen LogP contribution in [0.2, 0.25) is 0 Å². The number of nitrogens with one attached hydrogen (secondary N) is 2. The van der Waals surface area contributed by atoms with Crippen molar-refractivity contribution in [1.29, 1.82) is 0 Å². The highest BCUT2D eigenvalue weighted by molar-refractivity contribution is 6.03. The zero-order valence-corrected chi connectivity index (χ0v) is 12.5. The van der Waals surface area contributed by atoms with E-state index in [9.17, 15) is 9.59 Å². The Bertz CT molecular complexity index is 955. The average molecular weight is 308 g/mol. The minimum Gasteiger partial charge on any atom is -0.350 e. The van der Waals surface area contributed by atoms with E-state index < -0.39 is 0 Å². The van der Waals surface area contributed by atoms with Gasteiger partial charge in [-0.15, -0.1) is 0 Å². The minimum absolute atomic E-state index is 0.167. The van der Waals surface area contributed by atoms with E-state index >= 15 is 0 Å². The van der Waals surface area contributed by atoms with Crippen molar-refractivity contribution < 1.29 is 4.79 Å². The van der Waals surface area contributed by atoms with Crippen molar-refractivity contribution in [2.75, 3.05) is 5.32 Å². The number of carbonyl (C=O) groups excluding carboxylic acids is 1. The Hall–Kier alpha value is -2.89. The van der Waals surface area contributed by atoms with Gasteiger partial charge in [0.1, 0.15) is 17.3 Å². The third kappa shape index (κ3) is 2.42. The molecule has 0 aliphatic carbocycles. The van der Waals surface area contributed by atoms with Crippen molar-refractivity contribution in [2.45, 2.75) is 25.8 Å². The molecule has 6 nitrogen and oxygen atoms in total. The van der Waals surface area contributed by atoms with Crippen molar-refractivity contribution >= 4 is 22.6 Å². The van der Waals surface area contributed by atoms with Gasteiger partial charge in [0.25, 0.3) is 5.91 Å². The Morgan fingerprint density at radius 3 is 3.04 bits per heavy atom. The third-order valence-corrected chi connectivity index (χ3v) is 4.19. The molecule has 1 amide bonds. The summed E-state index contributed by atoms with van der Waals surface area (Å²) in [5.41, 5.74) is 0.736. The van der Waals surface area contributed by atoms with Crippen LogP contribution in [0.25, 0.3) is 10.9 Å². The number of anilines is 1. The molecule has 0 saturated heterocycles. The first-order chi connectivity index (χ1) is 11.2. The number of nitrogens with zero attached hydrogens (tertiary/aromatic N) is 2. The fourth-order valence-corrected chi connectivity index (χ4v) is 3.02. The molecule has 3 aromatic rings. The van der Waals surface area contributed by atoms with E-state index in [0.29, 0.717) is 16.7 Å². The van der Waals surface area contributed by atoms with Crippen LogP contribution in [-0.2, 0) is 13.0 Å². The molecule has 4 rings (SSSR count). The molecule has 1 aliphatic rings. The summed E-state index contributed by atoms with van der Waals surface area (Å²) in [5.74, 6) is 1.35. The second-order valence-electron chi connectivity index (χ2n) is 5.72. The number of imidazole rings is 1. The number of para-hydroxylation sites is 1. The molecule has 116 valence electrons. The first-order valence-electron chi connectivity index (χ1n) is 7.70. The molecule has 1 aliphatic heterocycles.